The summed E-state index contributed by atoms with van der Waals surface area (Å²) in [4.78, 5) is 27.1. The van der Waals surface area contributed by atoms with E-state index in [-0.39, 0.29) is 11.3 Å². The van der Waals surface area contributed by atoms with E-state index in [2.05, 4.69) is 9.71 Å². The molecule has 0 atom stereocenters. The topological polar surface area (TPSA) is 114 Å². The van der Waals surface area contributed by atoms with Crippen LogP contribution in [-0.4, -0.2) is 51.5 Å². The fraction of sp³-hybridized carbons (Fsp3) is 0.211. The molecule has 0 bridgehead atoms. The van der Waals surface area contributed by atoms with E-state index in [1.165, 1.54) is 24.9 Å². The van der Waals surface area contributed by atoms with E-state index >= 15 is 0 Å². The van der Waals surface area contributed by atoms with Crippen LogP contribution in [0.5, 0.6) is 5.75 Å². The molecule has 0 unspecified atom stereocenters. The van der Waals surface area contributed by atoms with Crippen molar-refractivity contribution in [3.8, 4) is 5.75 Å². The number of fused-ring (bicyclic) bond motifs is 3. The number of esters is 1. The summed E-state index contributed by atoms with van der Waals surface area (Å²) in [5.41, 5.74) is 1.38. The van der Waals surface area contributed by atoms with Gasteiger partial charge in [-0.25, -0.2) is 13.2 Å². The Labute approximate surface area is 187 Å². The molecule has 31 heavy (non-hydrogen) atoms. The third-order valence-electron chi connectivity index (χ3n) is 4.48. The van der Waals surface area contributed by atoms with E-state index in [1.807, 2.05) is 0 Å². The van der Waals surface area contributed by atoms with Gasteiger partial charge in [-0.1, -0.05) is 11.6 Å². The maximum Gasteiger partial charge on any atom is 0.338 e. The second kappa shape index (κ2) is 8.40. The minimum Gasteiger partial charge on any atom is -0.495 e. The van der Waals surface area contributed by atoms with Gasteiger partial charge in [-0.2, -0.15) is 0 Å². The summed E-state index contributed by atoms with van der Waals surface area (Å²) in [6.07, 6.45) is 0. The molecule has 1 N–H and O–H groups in total. The zero-order valence-electron chi connectivity index (χ0n) is 16.1. The molecule has 2 heterocycles. The summed E-state index contributed by atoms with van der Waals surface area (Å²) < 4.78 is 37.4. The fourth-order valence-corrected chi connectivity index (χ4v) is 5.50. The predicted octanol–water partition coefficient (Wildman–Crippen LogP) is 2.76. The number of ether oxygens (including phenoxy) is 2. The molecule has 4 rings (SSSR count). The average Bonchev–Trinajstić information content (AvgIpc) is 3.07. The van der Waals surface area contributed by atoms with Crippen LogP contribution in [0.1, 0.15) is 10.4 Å². The number of anilines is 2. The van der Waals surface area contributed by atoms with Crippen molar-refractivity contribution in [2.45, 2.75) is 4.90 Å². The number of hydrogen-bond donors (Lipinski definition) is 1. The molecular formula is C19H16ClN3O6S2. The Kier molecular flexibility index (Phi) is 5.82. The number of nitrogens with one attached hydrogen (secondary N) is 1. The van der Waals surface area contributed by atoms with Crippen molar-refractivity contribution < 1.29 is 27.5 Å². The zero-order chi connectivity index (χ0) is 22.2. The number of rotatable bonds is 5. The SMILES string of the molecule is COc1ccc(Cl)cc1NC(=O)COC(=O)c1ccc2c(c1)SC1=NS(=O)(=O)CCN12. The Morgan fingerprint density at radius 3 is 2.84 bits per heavy atom. The van der Waals surface area contributed by atoms with Gasteiger partial charge in [-0.15, -0.1) is 4.40 Å². The lowest BCUT2D eigenvalue weighted by Gasteiger charge is -2.22. The van der Waals surface area contributed by atoms with Crippen molar-refractivity contribution in [1.82, 2.24) is 0 Å². The van der Waals surface area contributed by atoms with Gasteiger partial charge in [-0.05, 0) is 48.2 Å². The molecule has 0 saturated carbocycles. The first-order valence-corrected chi connectivity index (χ1v) is 11.8. The average molecular weight is 482 g/mol. The molecule has 9 nitrogen and oxygen atoms in total. The van der Waals surface area contributed by atoms with Gasteiger partial charge in [0.2, 0.25) is 0 Å². The van der Waals surface area contributed by atoms with Gasteiger partial charge < -0.3 is 19.7 Å². The highest BCUT2D eigenvalue weighted by molar-refractivity contribution is 8.15. The summed E-state index contributed by atoms with van der Waals surface area (Å²) in [5, 5.41) is 3.36. The number of methoxy groups -OCH3 is 1. The molecule has 0 aromatic heterocycles. The first-order valence-electron chi connectivity index (χ1n) is 8.98. The number of thioether (sulfide) groups is 1. The molecule has 12 heteroatoms. The van der Waals surface area contributed by atoms with Gasteiger partial charge in [0.25, 0.3) is 15.9 Å². The number of carbonyl (C=O) groups is 2. The first kappa shape index (κ1) is 21.5. The van der Waals surface area contributed by atoms with E-state index in [1.54, 1.807) is 35.2 Å². The van der Waals surface area contributed by atoms with Gasteiger partial charge >= 0.3 is 5.97 Å². The fourth-order valence-electron chi connectivity index (χ4n) is 3.04. The van der Waals surface area contributed by atoms with E-state index in [0.717, 1.165) is 5.69 Å². The molecule has 0 spiro atoms. The Morgan fingerprint density at radius 2 is 2.06 bits per heavy atom. The maximum absolute atomic E-state index is 12.4. The standard InChI is InChI=1S/C19H16ClN3O6S2/c1-28-15-5-3-12(20)9-13(15)21-17(24)10-29-18(25)11-2-4-14-16(8-11)30-19-22-31(26,27)7-6-23(14)19/h2-5,8-9H,6-7,10H2,1H3,(H,21,24). The Hall–Kier alpha value is -2.76. The van der Waals surface area contributed by atoms with Gasteiger partial charge in [-0.3, -0.25) is 4.79 Å². The molecule has 162 valence electrons. The first-order chi connectivity index (χ1) is 14.8. The molecule has 0 aliphatic carbocycles. The normalized spacial score (nSPS) is 16.1. The number of benzene rings is 2. The maximum atomic E-state index is 12.4. The Bertz CT molecular complexity index is 1220. The molecule has 0 fully saturated rings. The van der Waals surface area contributed by atoms with Gasteiger partial charge in [0.15, 0.2) is 11.8 Å². The van der Waals surface area contributed by atoms with E-state index in [9.17, 15) is 18.0 Å². The lowest BCUT2D eigenvalue weighted by atomic mass is 10.2. The van der Waals surface area contributed by atoms with Gasteiger partial charge in [0.05, 0.1) is 29.8 Å². The van der Waals surface area contributed by atoms with Crippen LogP contribution in [0, 0.1) is 0 Å². The van der Waals surface area contributed by atoms with Crippen LogP contribution in [0.15, 0.2) is 45.7 Å². The van der Waals surface area contributed by atoms with Crippen LogP contribution in [0.25, 0.3) is 0 Å². The van der Waals surface area contributed by atoms with Crippen LogP contribution < -0.4 is 15.0 Å². The summed E-state index contributed by atoms with van der Waals surface area (Å²) in [6.45, 7) is -0.200. The minimum atomic E-state index is -3.46. The van der Waals surface area contributed by atoms with E-state index in [0.29, 0.717) is 33.1 Å². The molecule has 0 saturated heterocycles. The third-order valence-corrected chi connectivity index (χ3v) is 7.02. The van der Waals surface area contributed by atoms with Crippen molar-refractivity contribution in [3.05, 3.63) is 47.0 Å². The highest BCUT2D eigenvalue weighted by Crippen LogP contribution is 2.42. The predicted molar refractivity (Wildman–Crippen MR) is 118 cm³/mol. The monoisotopic (exact) mass is 481 g/mol. The van der Waals surface area contributed by atoms with Crippen molar-refractivity contribution in [3.63, 3.8) is 0 Å². The number of sulfonamides is 1. The Balaban J connectivity index is 1.41. The number of halogens is 1. The lowest BCUT2D eigenvalue weighted by molar-refractivity contribution is -0.119. The summed E-state index contributed by atoms with van der Waals surface area (Å²) in [6, 6.07) is 9.61. The van der Waals surface area contributed by atoms with E-state index < -0.39 is 28.5 Å². The van der Waals surface area contributed by atoms with Crippen LogP contribution in [0.4, 0.5) is 11.4 Å². The van der Waals surface area contributed by atoms with Gasteiger partial charge in [0.1, 0.15) is 5.75 Å². The molecule has 2 aromatic rings. The number of amidine groups is 1. The van der Waals surface area contributed by atoms with Crippen LogP contribution >= 0.6 is 23.4 Å². The highest BCUT2D eigenvalue weighted by Gasteiger charge is 2.33. The van der Waals surface area contributed by atoms with E-state index in [4.69, 9.17) is 21.1 Å². The minimum absolute atomic E-state index is 0.0627. The quantitative estimate of drug-likeness (QED) is 0.648. The second-order valence-corrected chi connectivity index (χ2v) is 9.77. The van der Waals surface area contributed by atoms with Crippen LogP contribution in [0.2, 0.25) is 5.02 Å². The Morgan fingerprint density at radius 1 is 1.26 bits per heavy atom. The number of amides is 1. The van der Waals surface area contributed by atoms with Gasteiger partial charge in [0, 0.05) is 16.5 Å². The second-order valence-electron chi connectivity index (χ2n) is 6.57. The lowest BCUT2D eigenvalue weighted by Crippen LogP contribution is -2.35. The third kappa shape index (κ3) is 4.63. The largest absolute Gasteiger partial charge is 0.495 e. The molecule has 0 radical (unpaired) electrons. The molecule has 1 amide bonds. The number of nitrogens with zero attached hydrogens (tertiary/aromatic N) is 2. The molecule has 2 aliphatic rings. The zero-order valence-corrected chi connectivity index (χ0v) is 18.5. The molecule has 2 aromatic carbocycles. The summed E-state index contributed by atoms with van der Waals surface area (Å²) in [7, 11) is -2.00. The van der Waals surface area contributed by atoms with Crippen LogP contribution in [-0.2, 0) is 19.6 Å². The van der Waals surface area contributed by atoms with Crippen molar-refractivity contribution in [2.75, 3.05) is 36.2 Å². The van der Waals surface area contributed by atoms with Crippen LogP contribution in [0.3, 0.4) is 0 Å². The van der Waals surface area contributed by atoms with Crippen molar-refractivity contribution >= 4 is 61.8 Å². The molecular weight excluding hydrogens is 466 g/mol. The molecule has 2 aliphatic heterocycles. The smallest absolute Gasteiger partial charge is 0.338 e. The number of hydrogen-bond acceptors (Lipinski definition) is 8. The highest BCUT2D eigenvalue weighted by atomic mass is 35.5. The number of carbonyl (C=O) groups excluding carboxylic acids is 2. The van der Waals surface area contributed by atoms with Crippen molar-refractivity contribution in [2.24, 2.45) is 4.40 Å². The summed E-state index contributed by atoms with van der Waals surface area (Å²) >= 11 is 7.10. The summed E-state index contributed by atoms with van der Waals surface area (Å²) in [5.74, 6) is -0.884. The van der Waals surface area contributed by atoms with Crippen molar-refractivity contribution in [1.29, 1.82) is 0 Å².